The van der Waals surface area contributed by atoms with Crippen molar-refractivity contribution in [3.05, 3.63) is 16.0 Å². The number of anilines is 1. The van der Waals surface area contributed by atoms with E-state index in [1.165, 1.54) is 11.3 Å². The van der Waals surface area contributed by atoms with E-state index in [4.69, 9.17) is 21.7 Å². The average molecular weight is 466 g/mol. The first-order valence-corrected chi connectivity index (χ1v) is 12.6. The van der Waals surface area contributed by atoms with Gasteiger partial charge in [-0.1, -0.05) is 6.42 Å². The van der Waals surface area contributed by atoms with Crippen LogP contribution in [0.5, 0.6) is 0 Å². The summed E-state index contributed by atoms with van der Waals surface area (Å²) in [5.74, 6) is -0.165. The van der Waals surface area contributed by atoms with Gasteiger partial charge < -0.3 is 24.6 Å². The Labute approximate surface area is 193 Å². The number of carbonyl (C=O) groups excluding carboxylic acids is 2. The predicted octanol–water partition coefficient (Wildman–Crippen LogP) is 3.21. The fraction of sp³-hybridized carbons (Fsp3) is 0.682. The number of nitrogens with zero attached hydrogens (tertiary/aromatic N) is 2. The summed E-state index contributed by atoms with van der Waals surface area (Å²) in [5, 5.41) is 4.75. The molecule has 0 bridgehead atoms. The molecule has 0 aromatic carbocycles. The summed E-state index contributed by atoms with van der Waals surface area (Å²) in [7, 11) is 0. The highest BCUT2D eigenvalue weighted by Crippen LogP contribution is 2.38. The van der Waals surface area contributed by atoms with Gasteiger partial charge in [-0.3, -0.25) is 4.79 Å². The molecule has 2 fully saturated rings. The quantitative estimate of drug-likeness (QED) is 0.416. The van der Waals surface area contributed by atoms with Gasteiger partial charge in [-0.15, -0.1) is 11.3 Å². The van der Waals surface area contributed by atoms with Crippen LogP contribution in [-0.4, -0.2) is 72.3 Å². The number of thiocarbonyl (C=S) groups is 1. The Morgan fingerprint density at radius 3 is 2.58 bits per heavy atom. The summed E-state index contributed by atoms with van der Waals surface area (Å²) in [6, 6.07) is 0. The molecular weight excluding hydrogens is 434 g/mol. The largest absolute Gasteiger partial charge is 0.462 e. The monoisotopic (exact) mass is 465 g/mol. The van der Waals surface area contributed by atoms with E-state index < -0.39 is 0 Å². The number of carbonyl (C=O) groups is 2. The minimum Gasteiger partial charge on any atom is -0.462 e. The molecular formula is C22H31N3O4S2. The van der Waals surface area contributed by atoms with Gasteiger partial charge in [-0.05, 0) is 63.2 Å². The molecule has 9 heteroatoms. The molecule has 1 unspecified atom stereocenters. The van der Waals surface area contributed by atoms with Gasteiger partial charge in [-0.25, -0.2) is 4.79 Å². The van der Waals surface area contributed by atoms with Crippen molar-refractivity contribution in [2.24, 2.45) is 0 Å². The molecule has 0 saturated carbocycles. The van der Waals surface area contributed by atoms with Crippen LogP contribution in [0.1, 0.15) is 59.8 Å². The van der Waals surface area contributed by atoms with Crippen LogP contribution < -0.4 is 5.32 Å². The second-order valence-electron chi connectivity index (χ2n) is 8.23. The van der Waals surface area contributed by atoms with Gasteiger partial charge in [0.1, 0.15) is 11.1 Å². The Balaban J connectivity index is 1.41. The number of ether oxygens (including phenoxy) is 2. The number of aryl methyl sites for hydroxylation is 1. The summed E-state index contributed by atoms with van der Waals surface area (Å²) in [6.45, 7) is 5.47. The summed E-state index contributed by atoms with van der Waals surface area (Å²) < 4.78 is 10.9. The molecule has 170 valence electrons. The zero-order chi connectivity index (χ0) is 21.8. The van der Waals surface area contributed by atoms with E-state index in [-0.39, 0.29) is 18.0 Å². The van der Waals surface area contributed by atoms with Crippen LogP contribution in [0.15, 0.2) is 0 Å². The van der Waals surface area contributed by atoms with Crippen molar-refractivity contribution in [2.45, 2.75) is 58.0 Å². The van der Waals surface area contributed by atoms with E-state index >= 15 is 0 Å². The number of piperazine rings is 1. The van der Waals surface area contributed by atoms with Crippen molar-refractivity contribution in [1.82, 2.24) is 9.80 Å². The molecule has 1 amide bonds. The Morgan fingerprint density at radius 1 is 1.13 bits per heavy atom. The average Bonchev–Trinajstić information content (AvgIpc) is 3.36. The molecule has 1 aromatic heterocycles. The maximum Gasteiger partial charge on any atom is 0.341 e. The molecule has 3 aliphatic rings. The molecule has 1 atom stereocenters. The lowest BCUT2D eigenvalue weighted by atomic mass is 10.1. The second kappa shape index (κ2) is 10.3. The molecule has 0 spiro atoms. The van der Waals surface area contributed by atoms with Crippen molar-refractivity contribution in [2.75, 3.05) is 44.7 Å². The number of amides is 1. The highest BCUT2D eigenvalue weighted by atomic mass is 32.1. The van der Waals surface area contributed by atoms with Crippen LogP contribution in [-0.2, 0) is 27.1 Å². The number of esters is 1. The van der Waals surface area contributed by atoms with Crippen LogP contribution in [0, 0.1) is 0 Å². The molecule has 1 aromatic rings. The van der Waals surface area contributed by atoms with Crippen molar-refractivity contribution in [3.8, 4) is 0 Å². The van der Waals surface area contributed by atoms with E-state index in [1.54, 1.807) is 11.3 Å². The summed E-state index contributed by atoms with van der Waals surface area (Å²) >= 11 is 7.32. The lowest BCUT2D eigenvalue weighted by Crippen LogP contribution is -2.53. The maximum atomic E-state index is 12.7. The van der Waals surface area contributed by atoms with Crippen LogP contribution in [0.4, 0.5) is 5.00 Å². The Hall–Kier alpha value is -1.71. The van der Waals surface area contributed by atoms with Crippen LogP contribution in [0.25, 0.3) is 0 Å². The SMILES string of the molecule is CCOC(=O)c1c(NC(=S)N2CCN(C(=O)C3CCCO3)CC2)sc2c1CCCCC2. The van der Waals surface area contributed by atoms with Crippen LogP contribution >= 0.6 is 23.6 Å². The van der Waals surface area contributed by atoms with Gasteiger partial charge in [-0.2, -0.15) is 0 Å². The molecule has 1 N–H and O–H groups in total. The van der Waals surface area contributed by atoms with Crippen molar-refractivity contribution in [3.63, 3.8) is 0 Å². The third-order valence-corrected chi connectivity index (χ3v) is 7.77. The minimum atomic E-state index is -0.273. The van der Waals surface area contributed by atoms with Gasteiger partial charge in [0.2, 0.25) is 0 Å². The van der Waals surface area contributed by atoms with E-state index in [2.05, 4.69) is 10.2 Å². The first-order valence-electron chi connectivity index (χ1n) is 11.4. The van der Waals surface area contributed by atoms with E-state index in [0.717, 1.165) is 49.1 Å². The summed E-state index contributed by atoms with van der Waals surface area (Å²) in [6.07, 6.45) is 6.87. The van der Waals surface area contributed by atoms with E-state index in [9.17, 15) is 9.59 Å². The normalized spacial score (nSPS) is 21.4. The topological polar surface area (TPSA) is 71.1 Å². The molecule has 1 aliphatic carbocycles. The smallest absolute Gasteiger partial charge is 0.341 e. The van der Waals surface area contributed by atoms with E-state index in [0.29, 0.717) is 50.1 Å². The van der Waals surface area contributed by atoms with Gasteiger partial charge in [0.05, 0.1) is 12.2 Å². The number of fused-ring (bicyclic) bond motifs is 1. The van der Waals surface area contributed by atoms with Crippen LogP contribution in [0.2, 0.25) is 0 Å². The molecule has 7 nitrogen and oxygen atoms in total. The van der Waals surface area contributed by atoms with Gasteiger partial charge in [0.25, 0.3) is 5.91 Å². The standard InChI is InChI=1S/C22H31N3O4S2/c1-2-28-21(27)18-15-7-4-3-5-9-17(15)31-19(18)23-22(30)25-12-10-24(11-13-25)20(26)16-8-6-14-29-16/h16H,2-14H2,1H3,(H,23,30). The lowest BCUT2D eigenvalue weighted by Gasteiger charge is -2.37. The third kappa shape index (κ3) is 5.04. The zero-order valence-corrected chi connectivity index (χ0v) is 19.7. The number of nitrogens with one attached hydrogen (secondary N) is 1. The summed E-state index contributed by atoms with van der Waals surface area (Å²) in [4.78, 5) is 30.6. The highest BCUT2D eigenvalue weighted by molar-refractivity contribution is 7.80. The Morgan fingerprint density at radius 2 is 1.87 bits per heavy atom. The fourth-order valence-electron chi connectivity index (χ4n) is 4.53. The minimum absolute atomic E-state index is 0.0996. The highest BCUT2D eigenvalue weighted by Gasteiger charge is 2.31. The Bertz CT molecular complexity index is 827. The molecule has 4 rings (SSSR count). The van der Waals surface area contributed by atoms with Crippen LogP contribution in [0.3, 0.4) is 0 Å². The molecule has 3 heterocycles. The lowest BCUT2D eigenvalue weighted by molar-refractivity contribution is -0.142. The van der Waals surface area contributed by atoms with Gasteiger partial charge in [0, 0.05) is 37.7 Å². The zero-order valence-electron chi connectivity index (χ0n) is 18.1. The van der Waals surface area contributed by atoms with Crippen molar-refractivity contribution < 1.29 is 19.1 Å². The fourth-order valence-corrected chi connectivity index (χ4v) is 6.16. The molecule has 2 aliphatic heterocycles. The number of rotatable bonds is 4. The molecule has 0 radical (unpaired) electrons. The van der Waals surface area contributed by atoms with Crippen molar-refractivity contribution >= 4 is 45.5 Å². The third-order valence-electron chi connectivity index (χ3n) is 6.21. The molecule has 31 heavy (non-hydrogen) atoms. The number of hydrogen-bond acceptors (Lipinski definition) is 6. The predicted molar refractivity (Wildman–Crippen MR) is 125 cm³/mol. The van der Waals surface area contributed by atoms with Gasteiger partial charge in [0.15, 0.2) is 5.11 Å². The maximum absolute atomic E-state index is 12.7. The molecule has 2 saturated heterocycles. The van der Waals surface area contributed by atoms with E-state index in [1.807, 2.05) is 11.8 Å². The first-order chi connectivity index (χ1) is 15.1. The first kappa shape index (κ1) is 22.5. The number of thiophene rings is 1. The van der Waals surface area contributed by atoms with Gasteiger partial charge >= 0.3 is 5.97 Å². The van der Waals surface area contributed by atoms with Crippen molar-refractivity contribution in [1.29, 1.82) is 0 Å². The second-order valence-corrected chi connectivity index (χ2v) is 9.73. The number of hydrogen-bond donors (Lipinski definition) is 1. The Kier molecular flexibility index (Phi) is 7.45. The summed E-state index contributed by atoms with van der Waals surface area (Å²) in [5.41, 5.74) is 1.80.